The first-order valence-electron chi connectivity index (χ1n) is 16.3. The Hall–Kier alpha value is -5.20. The number of nitrogens with zero attached hydrogens (tertiary/aromatic N) is 3. The normalized spacial score (nSPS) is 13.9. The molecule has 2 heterocycles. The monoisotopic (exact) mass is 747 g/mol. The van der Waals surface area contributed by atoms with Crippen molar-refractivity contribution in [1.82, 2.24) is 25.2 Å². The molecule has 0 saturated carbocycles. The van der Waals surface area contributed by atoms with Gasteiger partial charge in [-0.2, -0.15) is 5.10 Å². The Morgan fingerprint density at radius 3 is 2.44 bits per heavy atom. The van der Waals surface area contributed by atoms with Crippen molar-refractivity contribution in [3.8, 4) is 0 Å². The minimum Gasteiger partial charge on any atom is -0.456 e. The Morgan fingerprint density at radius 1 is 0.962 bits per heavy atom. The van der Waals surface area contributed by atoms with E-state index in [1.54, 1.807) is 45.0 Å². The van der Waals surface area contributed by atoms with Gasteiger partial charge in [-0.05, 0) is 98.7 Å². The molecule has 0 fully saturated rings. The van der Waals surface area contributed by atoms with Gasteiger partial charge in [0.25, 0.3) is 11.8 Å². The van der Waals surface area contributed by atoms with E-state index < -0.39 is 46.8 Å². The topological polar surface area (TPSA) is 132 Å². The Morgan fingerprint density at radius 2 is 1.73 bits per heavy atom. The zero-order valence-corrected chi connectivity index (χ0v) is 30.1. The second-order valence-electron chi connectivity index (χ2n) is 13.5. The van der Waals surface area contributed by atoms with Gasteiger partial charge < -0.3 is 15.4 Å². The molecule has 52 heavy (non-hydrogen) atoms. The third-order valence-corrected chi connectivity index (χ3v) is 9.24. The number of esters is 1. The molecule has 0 spiro atoms. The summed E-state index contributed by atoms with van der Waals surface area (Å²) in [6, 6.07) is 12.2. The number of benzene rings is 3. The van der Waals surface area contributed by atoms with Crippen molar-refractivity contribution in [2.24, 2.45) is 0 Å². The van der Waals surface area contributed by atoms with Crippen molar-refractivity contribution in [2.75, 3.05) is 0 Å². The van der Waals surface area contributed by atoms with Gasteiger partial charge >= 0.3 is 5.97 Å². The number of ketones is 1. The fourth-order valence-corrected chi connectivity index (χ4v) is 6.59. The standard InChI is InChI=1S/C38H33Cl2F2N5O5/c1-19-23-10-12-30(25(23)9-8-24(19)37(51)52-38(2,3)4)46-36(50)32-16-31(35(49)43-17-20-5-11-28(41)29(42)13-20)45-34-26(18-44-47(32)34)33(48)14-21-6-7-22(39)15-27(21)40/h5-9,11,13,15-16,18,30H,10,12,14,17H2,1-4H3,(H,43,49)(H,46,50)/t30-/m0/s1. The number of nitrogens with one attached hydrogen (secondary N) is 2. The Kier molecular flexibility index (Phi) is 10.2. The molecular formula is C38H33Cl2F2N5O5. The summed E-state index contributed by atoms with van der Waals surface area (Å²) in [6.45, 7) is 7.06. The minimum atomic E-state index is -1.07. The van der Waals surface area contributed by atoms with Crippen molar-refractivity contribution in [3.63, 3.8) is 0 Å². The number of hydrogen-bond acceptors (Lipinski definition) is 7. The molecule has 2 aromatic heterocycles. The highest BCUT2D eigenvalue weighted by Crippen LogP contribution is 2.35. The molecule has 10 nitrogen and oxygen atoms in total. The lowest BCUT2D eigenvalue weighted by Gasteiger charge is -2.21. The van der Waals surface area contributed by atoms with Gasteiger partial charge in [0, 0.05) is 29.1 Å². The molecule has 5 aromatic rings. The summed E-state index contributed by atoms with van der Waals surface area (Å²) in [5.74, 6) is -4.30. The fourth-order valence-electron chi connectivity index (χ4n) is 6.11. The molecule has 14 heteroatoms. The van der Waals surface area contributed by atoms with Crippen molar-refractivity contribution >= 4 is 52.4 Å². The van der Waals surface area contributed by atoms with E-state index in [9.17, 15) is 28.0 Å². The van der Waals surface area contributed by atoms with Crippen molar-refractivity contribution in [3.05, 3.63) is 133 Å². The quantitative estimate of drug-likeness (QED) is 0.119. The number of amides is 2. The van der Waals surface area contributed by atoms with E-state index in [0.29, 0.717) is 29.0 Å². The van der Waals surface area contributed by atoms with E-state index in [1.165, 1.54) is 28.9 Å². The molecule has 0 radical (unpaired) electrons. The highest BCUT2D eigenvalue weighted by Gasteiger charge is 2.31. The molecule has 1 aliphatic carbocycles. The SMILES string of the molecule is Cc1c(C(=O)OC(C)(C)C)ccc2c1CC[C@@H]2NC(=O)c1cc(C(=O)NCc2ccc(F)c(F)c2)nc2c(C(=O)Cc3ccc(Cl)cc3Cl)cnn12. The largest absolute Gasteiger partial charge is 0.456 e. The van der Waals surface area contributed by atoms with Gasteiger partial charge in [0.15, 0.2) is 23.1 Å². The van der Waals surface area contributed by atoms with E-state index in [0.717, 1.165) is 28.8 Å². The van der Waals surface area contributed by atoms with Gasteiger partial charge in [-0.3, -0.25) is 14.4 Å². The van der Waals surface area contributed by atoms with Crippen LogP contribution in [-0.2, 0) is 24.1 Å². The molecule has 3 aromatic carbocycles. The number of ether oxygens (including phenoxy) is 1. The molecule has 2 N–H and O–H groups in total. The van der Waals surface area contributed by atoms with Crippen molar-refractivity contribution in [1.29, 1.82) is 0 Å². The maximum atomic E-state index is 14.0. The number of Topliss-reactive ketones (excluding diaryl/α,β-unsaturated/α-hetero) is 1. The van der Waals surface area contributed by atoms with E-state index >= 15 is 0 Å². The summed E-state index contributed by atoms with van der Waals surface area (Å²) >= 11 is 12.3. The lowest BCUT2D eigenvalue weighted by atomic mass is 9.97. The summed E-state index contributed by atoms with van der Waals surface area (Å²) in [4.78, 5) is 58.3. The minimum absolute atomic E-state index is 0.0341. The van der Waals surface area contributed by atoms with Crippen LogP contribution < -0.4 is 10.6 Å². The van der Waals surface area contributed by atoms with Crippen molar-refractivity contribution in [2.45, 2.75) is 65.1 Å². The molecule has 0 saturated heterocycles. The lowest BCUT2D eigenvalue weighted by Crippen LogP contribution is -2.31. The van der Waals surface area contributed by atoms with E-state index in [4.69, 9.17) is 27.9 Å². The first-order chi connectivity index (χ1) is 24.6. The highest BCUT2D eigenvalue weighted by molar-refractivity contribution is 6.35. The number of halogens is 4. The van der Waals surface area contributed by atoms with Crippen LogP contribution in [0.25, 0.3) is 5.65 Å². The zero-order valence-electron chi connectivity index (χ0n) is 28.6. The highest BCUT2D eigenvalue weighted by atomic mass is 35.5. The van der Waals surface area contributed by atoms with Gasteiger partial charge in [-0.15, -0.1) is 0 Å². The van der Waals surface area contributed by atoms with E-state index in [-0.39, 0.29) is 46.2 Å². The smallest absolute Gasteiger partial charge is 0.338 e. The first-order valence-corrected chi connectivity index (χ1v) is 17.1. The summed E-state index contributed by atoms with van der Waals surface area (Å²) in [7, 11) is 0. The number of aromatic nitrogens is 3. The Labute approximate surface area is 307 Å². The summed E-state index contributed by atoms with van der Waals surface area (Å²) < 4.78 is 34.0. The van der Waals surface area contributed by atoms with Crippen LogP contribution in [0.2, 0.25) is 10.0 Å². The number of carbonyl (C=O) groups is 4. The van der Waals surface area contributed by atoms with Crippen molar-refractivity contribution < 1.29 is 32.7 Å². The van der Waals surface area contributed by atoms with Crippen LogP contribution >= 0.6 is 23.2 Å². The van der Waals surface area contributed by atoms with Gasteiger partial charge in [0.05, 0.1) is 23.4 Å². The van der Waals surface area contributed by atoms with Gasteiger partial charge in [0.2, 0.25) is 0 Å². The predicted molar refractivity (Wildman–Crippen MR) is 190 cm³/mol. The Balaban J connectivity index is 1.32. The van der Waals surface area contributed by atoms with Crippen LogP contribution in [-0.4, -0.2) is 43.8 Å². The third kappa shape index (κ3) is 7.68. The lowest BCUT2D eigenvalue weighted by molar-refractivity contribution is 0.00682. The van der Waals surface area contributed by atoms with Crippen LogP contribution in [0.4, 0.5) is 8.78 Å². The summed E-state index contributed by atoms with van der Waals surface area (Å²) in [5.41, 5.74) is 2.79. The maximum Gasteiger partial charge on any atom is 0.338 e. The first kappa shape index (κ1) is 36.6. The second kappa shape index (κ2) is 14.4. The number of rotatable bonds is 9. The molecule has 1 aliphatic rings. The molecular weight excluding hydrogens is 715 g/mol. The van der Waals surface area contributed by atoms with Crippen LogP contribution in [0.1, 0.15) is 103 Å². The van der Waals surface area contributed by atoms with Crippen LogP contribution in [0.3, 0.4) is 0 Å². The molecule has 1 atom stereocenters. The number of hydrogen-bond donors (Lipinski definition) is 2. The average molecular weight is 749 g/mol. The van der Waals surface area contributed by atoms with Gasteiger partial charge in [-0.1, -0.05) is 41.4 Å². The van der Waals surface area contributed by atoms with Crippen LogP contribution in [0.15, 0.2) is 60.8 Å². The molecule has 0 aliphatic heterocycles. The van der Waals surface area contributed by atoms with Crippen LogP contribution in [0, 0.1) is 18.6 Å². The summed E-state index contributed by atoms with van der Waals surface area (Å²) in [5, 5.41) is 10.6. The van der Waals surface area contributed by atoms with Gasteiger partial charge in [-0.25, -0.2) is 23.1 Å². The maximum absolute atomic E-state index is 14.0. The van der Waals surface area contributed by atoms with E-state index in [2.05, 4.69) is 20.7 Å². The number of fused-ring (bicyclic) bond motifs is 2. The molecule has 2 amide bonds. The third-order valence-electron chi connectivity index (χ3n) is 8.66. The van der Waals surface area contributed by atoms with E-state index in [1.807, 2.05) is 6.92 Å². The molecule has 268 valence electrons. The average Bonchev–Trinajstić information content (AvgIpc) is 3.70. The van der Waals surface area contributed by atoms with Crippen LogP contribution in [0.5, 0.6) is 0 Å². The Bertz CT molecular complexity index is 2280. The molecule has 0 unspecified atom stereocenters. The summed E-state index contributed by atoms with van der Waals surface area (Å²) in [6.07, 6.45) is 2.26. The second-order valence-corrected chi connectivity index (χ2v) is 14.3. The number of carbonyl (C=O) groups excluding carboxylic acids is 4. The molecule has 6 rings (SSSR count). The fraction of sp³-hybridized carbons (Fsp3) is 0.263. The predicted octanol–water partition coefficient (Wildman–Crippen LogP) is 7.35. The molecule has 0 bridgehead atoms. The zero-order chi connectivity index (χ0) is 37.5. The van der Waals surface area contributed by atoms with Gasteiger partial charge in [0.1, 0.15) is 17.0 Å².